The number of nitrogens with zero attached hydrogens (tertiary/aromatic N) is 3. The summed E-state index contributed by atoms with van der Waals surface area (Å²) in [5, 5.41) is 7.08. The molecular formula is C19H28N4O4. The van der Waals surface area contributed by atoms with Gasteiger partial charge in [0.1, 0.15) is 0 Å². The molecule has 0 spiro atoms. The maximum atomic E-state index is 12.6. The van der Waals surface area contributed by atoms with Gasteiger partial charge in [-0.25, -0.2) is 0 Å². The fourth-order valence-electron chi connectivity index (χ4n) is 2.75. The van der Waals surface area contributed by atoms with Crippen molar-refractivity contribution in [2.75, 3.05) is 33.2 Å². The molecule has 1 aromatic heterocycles. The third kappa shape index (κ3) is 5.37. The Morgan fingerprint density at radius 3 is 2.26 bits per heavy atom. The molecular weight excluding hydrogens is 348 g/mol. The highest BCUT2D eigenvalue weighted by atomic mass is 16.5. The Hall–Kier alpha value is -2.74. The van der Waals surface area contributed by atoms with Crippen LogP contribution in [0.3, 0.4) is 0 Å². The van der Waals surface area contributed by atoms with Gasteiger partial charge in [-0.3, -0.25) is 14.4 Å². The fourth-order valence-corrected chi connectivity index (χ4v) is 2.75. The Bertz CT molecular complexity index is 748. The molecule has 0 radical (unpaired) electrons. The number of ether oxygens (including phenoxy) is 3. The summed E-state index contributed by atoms with van der Waals surface area (Å²) in [6, 6.07) is 3.62. The molecule has 0 bridgehead atoms. The van der Waals surface area contributed by atoms with Gasteiger partial charge in [-0.1, -0.05) is 0 Å². The van der Waals surface area contributed by atoms with Crippen molar-refractivity contribution in [3.05, 3.63) is 30.1 Å². The lowest BCUT2D eigenvalue weighted by molar-refractivity contribution is -0.117. The monoisotopic (exact) mass is 376 g/mol. The molecule has 1 aromatic carbocycles. The smallest absolute Gasteiger partial charge is 0.238 e. The fraction of sp³-hybridized carbons (Fsp3) is 0.474. The lowest BCUT2D eigenvalue weighted by Gasteiger charge is -2.25. The van der Waals surface area contributed by atoms with Gasteiger partial charge in [0, 0.05) is 49.2 Å². The summed E-state index contributed by atoms with van der Waals surface area (Å²) in [5.41, 5.74) is 1.64. The largest absolute Gasteiger partial charge is 0.493 e. The topological polar surface area (TPSA) is 77.9 Å². The number of carbonyl (C=O) groups excluding carboxylic acids is 1. The molecule has 2 aromatic rings. The summed E-state index contributed by atoms with van der Waals surface area (Å²) in [5.74, 6) is 1.34. The number of hydrogen-bond donors (Lipinski definition) is 1. The molecule has 0 saturated heterocycles. The number of carbonyl (C=O) groups is 1. The Morgan fingerprint density at radius 1 is 1.19 bits per heavy atom. The van der Waals surface area contributed by atoms with Gasteiger partial charge in [0.05, 0.1) is 34.1 Å². The SMILES string of the molecule is COc1cc(NC(=O)CN(Cc2cnn(C)c2)C(C)C)cc(OC)c1OC. The highest BCUT2D eigenvalue weighted by molar-refractivity contribution is 5.93. The molecule has 0 saturated carbocycles. The highest BCUT2D eigenvalue weighted by Gasteiger charge is 2.18. The van der Waals surface area contributed by atoms with E-state index < -0.39 is 0 Å². The van der Waals surface area contributed by atoms with Crippen LogP contribution in [0.1, 0.15) is 19.4 Å². The van der Waals surface area contributed by atoms with Crippen molar-refractivity contribution in [2.24, 2.45) is 7.05 Å². The van der Waals surface area contributed by atoms with Gasteiger partial charge in [0.25, 0.3) is 0 Å². The van der Waals surface area contributed by atoms with Crippen molar-refractivity contribution >= 4 is 11.6 Å². The number of aromatic nitrogens is 2. The number of nitrogens with one attached hydrogen (secondary N) is 1. The van der Waals surface area contributed by atoms with Crippen LogP contribution < -0.4 is 19.5 Å². The van der Waals surface area contributed by atoms with E-state index in [9.17, 15) is 4.79 Å². The van der Waals surface area contributed by atoms with E-state index in [1.165, 1.54) is 21.3 Å². The predicted octanol–water partition coefficient (Wildman–Crippen LogP) is 2.29. The molecule has 0 aliphatic heterocycles. The number of aryl methyl sites for hydroxylation is 1. The van der Waals surface area contributed by atoms with Crippen LogP contribution in [-0.2, 0) is 18.4 Å². The van der Waals surface area contributed by atoms with Crippen molar-refractivity contribution in [3.63, 3.8) is 0 Å². The van der Waals surface area contributed by atoms with Gasteiger partial charge in [-0.05, 0) is 13.8 Å². The molecule has 0 unspecified atom stereocenters. The first kappa shape index (κ1) is 20.6. The quantitative estimate of drug-likeness (QED) is 0.724. The first-order valence-electron chi connectivity index (χ1n) is 8.69. The van der Waals surface area contributed by atoms with E-state index in [0.29, 0.717) is 29.5 Å². The summed E-state index contributed by atoms with van der Waals surface area (Å²) in [4.78, 5) is 14.7. The summed E-state index contributed by atoms with van der Waals surface area (Å²) in [6.07, 6.45) is 3.76. The summed E-state index contributed by atoms with van der Waals surface area (Å²) in [6.45, 7) is 5.02. The summed E-state index contributed by atoms with van der Waals surface area (Å²) in [7, 11) is 6.49. The first-order chi connectivity index (χ1) is 12.9. The lowest BCUT2D eigenvalue weighted by Crippen LogP contribution is -2.37. The van der Waals surface area contributed by atoms with Crippen LogP contribution in [0.4, 0.5) is 5.69 Å². The third-order valence-electron chi connectivity index (χ3n) is 4.17. The predicted molar refractivity (Wildman–Crippen MR) is 103 cm³/mol. The minimum absolute atomic E-state index is 0.123. The number of rotatable bonds is 9. The standard InChI is InChI=1S/C19H28N4O4/c1-13(2)23(11-14-9-20-22(3)10-14)12-18(24)21-15-7-16(25-4)19(27-6)17(8-15)26-5/h7-10,13H,11-12H2,1-6H3,(H,21,24). The van der Waals surface area contributed by atoms with Crippen molar-refractivity contribution in [1.82, 2.24) is 14.7 Å². The van der Waals surface area contributed by atoms with E-state index in [2.05, 4.69) is 29.2 Å². The summed E-state index contributed by atoms with van der Waals surface area (Å²) < 4.78 is 17.7. The molecule has 148 valence electrons. The van der Waals surface area contributed by atoms with Crippen LogP contribution in [0.5, 0.6) is 17.2 Å². The second-order valence-electron chi connectivity index (χ2n) is 6.48. The van der Waals surface area contributed by atoms with Gasteiger partial charge in [-0.15, -0.1) is 0 Å². The van der Waals surface area contributed by atoms with Crippen LogP contribution in [0.2, 0.25) is 0 Å². The van der Waals surface area contributed by atoms with E-state index >= 15 is 0 Å². The van der Waals surface area contributed by atoms with Gasteiger partial charge in [0.2, 0.25) is 11.7 Å². The molecule has 2 rings (SSSR count). The number of anilines is 1. The molecule has 1 amide bonds. The Kier molecular flexibility index (Phi) is 7.06. The van der Waals surface area contributed by atoms with Crippen molar-refractivity contribution < 1.29 is 19.0 Å². The first-order valence-corrected chi connectivity index (χ1v) is 8.69. The maximum absolute atomic E-state index is 12.6. The second kappa shape index (κ2) is 9.27. The van der Waals surface area contributed by atoms with Crippen molar-refractivity contribution in [2.45, 2.75) is 26.4 Å². The van der Waals surface area contributed by atoms with Gasteiger partial charge in [-0.2, -0.15) is 5.10 Å². The maximum Gasteiger partial charge on any atom is 0.238 e. The molecule has 8 nitrogen and oxygen atoms in total. The molecule has 0 aliphatic carbocycles. The number of hydrogen-bond acceptors (Lipinski definition) is 6. The van der Waals surface area contributed by atoms with Crippen LogP contribution in [0, 0.1) is 0 Å². The number of benzene rings is 1. The van der Waals surface area contributed by atoms with Gasteiger partial charge >= 0.3 is 0 Å². The second-order valence-corrected chi connectivity index (χ2v) is 6.48. The van der Waals surface area contributed by atoms with E-state index in [1.807, 2.05) is 19.4 Å². The molecule has 1 N–H and O–H groups in total. The number of methoxy groups -OCH3 is 3. The average molecular weight is 376 g/mol. The number of amides is 1. The van der Waals surface area contributed by atoms with Gasteiger partial charge < -0.3 is 19.5 Å². The zero-order valence-corrected chi connectivity index (χ0v) is 16.8. The molecule has 1 heterocycles. The molecule has 0 aliphatic rings. The summed E-state index contributed by atoms with van der Waals surface area (Å²) >= 11 is 0. The van der Waals surface area contributed by atoms with E-state index in [0.717, 1.165) is 5.56 Å². The van der Waals surface area contributed by atoms with Crippen LogP contribution in [-0.4, -0.2) is 54.5 Å². The van der Waals surface area contributed by atoms with Crippen LogP contribution >= 0.6 is 0 Å². The molecule has 0 fully saturated rings. The minimum Gasteiger partial charge on any atom is -0.493 e. The highest BCUT2D eigenvalue weighted by Crippen LogP contribution is 2.39. The Balaban J connectivity index is 2.10. The van der Waals surface area contributed by atoms with Gasteiger partial charge in [0.15, 0.2) is 11.5 Å². The minimum atomic E-state index is -0.123. The molecule has 0 atom stereocenters. The van der Waals surface area contributed by atoms with E-state index in [-0.39, 0.29) is 18.5 Å². The molecule has 8 heteroatoms. The Morgan fingerprint density at radius 2 is 1.81 bits per heavy atom. The average Bonchev–Trinajstić information content (AvgIpc) is 3.04. The third-order valence-corrected chi connectivity index (χ3v) is 4.17. The Labute approximate surface area is 160 Å². The van der Waals surface area contributed by atoms with Crippen LogP contribution in [0.15, 0.2) is 24.5 Å². The van der Waals surface area contributed by atoms with Crippen molar-refractivity contribution in [1.29, 1.82) is 0 Å². The molecule has 27 heavy (non-hydrogen) atoms. The zero-order chi connectivity index (χ0) is 20.0. The van der Waals surface area contributed by atoms with Crippen LogP contribution in [0.25, 0.3) is 0 Å². The normalized spacial score (nSPS) is 11.0. The lowest BCUT2D eigenvalue weighted by atomic mass is 10.2. The zero-order valence-electron chi connectivity index (χ0n) is 16.8. The van der Waals surface area contributed by atoms with E-state index in [1.54, 1.807) is 16.8 Å². The van der Waals surface area contributed by atoms with Crippen molar-refractivity contribution in [3.8, 4) is 17.2 Å². The van der Waals surface area contributed by atoms with E-state index in [4.69, 9.17) is 14.2 Å².